The van der Waals surface area contributed by atoms with E-state index in [1.807, 2.05) is 18.2 Å². The van der Waals surface area contributed by atoms with Crippen LogP contribution in [0.4, 0.5) is 0 Å². The van der Waals surface area contributed by atoms with Crippen LogP contribution in [0.5, 0.6) is 0 Å². The maximum absolute atomic E-state index is 4.51. The molecule has 5 heteroatoms. The molecule has 0 aliphatic heterocycles. The second kappa shape index (κ2) is 8.40. The summed E-state index contributed by atoms with van der Waals surface area (Å²) in [4.78, 5) is 4.12. The molecule has 0 unspecified atom stereocenters. The number of nitrogens with zero attached hydrogens (tertiary/aromatic N) is 4. The van der Waals surface area contributed by atoms with Crippen molar-refractivity contribution in [1.82, 2.24) is 19.7 Å². The van der Waals surface area contributed by atoms with Crippen LogP contribution < -0.4 is 0 Å². The van der Waals surface area contributed by atoms with Gasteiger partial charge in [-0.15, -0.1) is 10.2 Å². The molecule has 2 aromatic carbocycles. The van der Waals surface area contributed by atoms with Crippen LogP contribution in [-0.2, 0) is 12.3 Å². The Hall–Kier alpha value is -2.92. The highest BCUT2D eigenvalue weighted by Gasteiger charge is 2.15. The van der Waals surface area contributed by atoms with E-state index in [4.69, 9.17) is 0 Å². The van der Waals surface area contributed by atoms with E-state index in [0.717, 1.165) is 28.8 Å². The van der Waals surface area contributed by atoms with E-state index in [0.29, 0.717) is 0 Å². The molecule has 140 valence electrons. The van der Waals surface area contributed by atoms with E-state index >= 15 is 0 Å². The molecule has 2 aromatic heterocycles. The first-order valence-electron chi connectivity index (χ1n) is 9.27. The number of aromatic nitrogens is 4. The lowest BCUT2D eigenvalue weighted by Crippen LogP contribution is -2.04. The highest BCUT2D eigenvalue weighted by molar-refractivity contribution is 7.98. The van der Waals surface area contributed by atoms with E-state index in [-0.39, 0.29) is 0 Å². The Morgan fingerprint density at radius 1 is 0.893 bits per heavy atom. The van der Waals surface area contributed by atoms with Gasteiger partial charge in [0.05, 0.1) is 6.54 Å². The van der Waals surface area contributed by atoms with Crippen molar-refractivity contribution >= 4 is 11.8 Å². The summed E-state index contributed by atoms with van der Waals surface area (Å²) in [5.41, 5.74) is 6.18. The molecule has 0 N–H and O–H groups in total. The summed E-state index contributed by atoms with van der Waals surface area (Å²) in [5.74, 6) is 1.74. The Balaban J connectivity index is 1.66. The largest absolute Gasteiger partial charge is 0.298 e. The molecule has 4 aromatic rings. The molecule has 0 saturated carbocycles. The second-order valence-corrected chi connectivity index (χ2v) is 7.77. The molecule has 0 spiro atoms. The molecular weight excluding hydrogens is 364 g/mol. The maximum Gasteiger partial charge on any atom is 0.192 e. The minimum Gasteiger partial charge on any atom is -0.298 e. The van der Waals surface area contributed by atoms with Crippen molar-refractivity contribution in [3.05, 3.63) is 95.3 Å². The van der Waals surface area contributed by atoms with Crippen molar-refractivity contribution in [3.63, 3.8) is 0 Å². The van der Waals surface area contributed by atoms with E-state index in [2.05, 4.69) is 76.1 Å². The minimum absolute atomic E-state index is 0.737. The van der Waals surface area contributed by atoms with Gasteiger partial charge in [-0.05, 0) is 42.7 Å². The lowest BCUT2D eigenvalue weighted by molar-refractivity contribution is 0.714. The van der Waals surface area contributed by atoms with Gasteiger partial charge in [0, 0.05) is 23.7 Å². The topological polar surface area (TPSA) is 43.6 Å². The van der Waals surface area contributed by atoms with Crippen molar-refractivity contribution in [2.75, 3.05) is 0 Å². The van der Waals surface area contributed by atoms with Gasteiger partial charge in [0.1, 0.15) is 0 Å². The monoisotopic (exact) mass is 386 g/mol. The minimum atomic E-state index is 0.737. The second-order valence-electron chi connectivity index (χ2n) is 6.83. The SMILES string of the molecule is Cc1ccc(C)c(CSc2nnc(-c3ccncc3)n2Cc2ccccc2)c1. The van der Waals surface area contributed by atoms with Crippen LogP contribution in [-0.4, -0.2) is 19.7 Å². The number of thioether (sulfide) groups is 1. The van der Waals surface area contributed by atoms with Crippen molar-refractivity contribution in [3.8, 4) is 11.4 Å². The van der Waals surface area contributed by atoms with E-state index in [1.54, 1.807) is 24.2 Å². The molecule has 28 heavy (non-hydrogen) atoms. The maximum atomic E-state index is 4.51. The standard InChI is InChI=1S/C23H22N4S/c1-17-8-9-18(2)21(14-17)16-28-23-26-25-22(20-10-12-24-13-11-20)27(23)15-19-6-4-3-5-7-19/h3-14H,15-16H2,1-2H3. The lowest BCUT2D eigenvalue weighted by atomic mass is 10.1. The number of benzene rings is 2. The van der Waals surface area contributed by atoms with E-state index in [9.17, 15) is 0 Å². The molecule has 0 radical (unpaired) electrons. The third-order valence-electron chi connectivity index (χ3n) is 4.70. The zero-order valence-electron chi connectivity index (χ0n) is 16.0. The van der Waals surface area contributed by atoms with Crippen LogP contribution >= 0.6 is 11.8 Å². The fourth-order valence-electron chi connectivity index (χ4n) is 3.12. The predicted molar refractivity (Wildman–Crippen MR) is 114 cm³/mol. The Bertz CT molecular complexity index is 1060. The molecule has 0 saturated heterocycles. The Kier molecular flexibility index (Phi) is 5.53. The quantitative estimate of drug-likeness (QED) is 0.422. The summed E-state index contributed by atoms with van der Waals surface area (Å²) in [7, 11) is 0. The van der Waals surface area contributed by atoms with Gasteiger partial charge in [-0.25, -0.2) is 0 Å². The van der Waals surface area contributed by atoms with Crippen LogP contribution in [0.15, 0.2) is 78.2 Å². The normalized spacial score (nSPS) is 10.9. The molecule has 0 fully saturated rings. The highest BCUT2D eigenvalue weighted by atomic mass is 32.2. The predicted octanol–water partition coefficient (Wildman–Crippen LogP) is 5.30. The molecule has 0 aliphatic carbocycles. The average Bonchev–Trinajstić information content (AvgIpc) is 3.12. The molecule has 0 aliphatic rings. The summed E-state index contributed by atoms with van der Waals surface area (Å²) in [6.45, 7) is 5.03. The van der Waals surface area contributed by atoms with Crippen LogP contribution in [0, 0.1) is 13.8 Å². The van der Waals surface area contributed by atoms with Crippen LogP contribution in [0.1, 0.15) is 22.3 Å². The van der Waals surface area contributed by atoms with E-state index < -0.39 is 0 Å². The number of hydrogen-bond donors (Lipinski definition) is 0. The van der Waals surface area contributed by atoms with Gasteiger partial charge in [-0.2, -0.15) is 0 Å². The summed E-state index contributed by atoms with van der Waals surface area (Å²) >= 11 is 1.73. The van der Waals surface area contributed by atoms with Gasteiger partial charge in [-0.3, -0.25) is 9.55 Å². The van der Waals surface area contributed by atoms with Crippen molar-refractivity contribution in [2.45, 2.75) is 31.3 Å². The molecule has 4 rings (SSSR count). The van der Waals surface area contributed by atoms with Gasteiger partial charge >= 0.3 is 0 Å². The first kappa shape index (κ1) is 18.4. The summed E-state index contributed by atoms with van der Waals surface area (Å²) in [6, 6.07) is 21.0. The van der Waals surface area contributed by atoms with Gasteiger partial charge < -0.3 is 0 Å². The third-order valence-corrected chi connectivity index (χ3v) is 5.72. The van der Waals surface area contributed by atoms with Gasteiger partial charge in [-0.1, -0.05) is 65.9 Å². The van der Waals surface area contributed by atoms with Crippen molar-refractivity contribution in [1.29, 1.82) is 0 Å². The van der Waals surface area contributed by atoms with Crippen LogP contribution in [0.25, 0.3) is 11.4 Å². The summed E-state index contributed by atoms with van der Waals surface area (Å²) in [5, 5.41) is 9.94. The van der Waals surface area contributed by atoms with E-state index in [1.165, 1.54) is 22.3 Å². The van der Waals surface area contributed by atoms with Crippen LogP contribution in [0.2, 0.25) is 0 Å². The third kappa shape index (κ3) is 4.15. The fourth-order valence-corrected chi connectivity index (χ4v) is 4.12. The number of aryl methyl sites for hydroxylation is 2. The Morgan fingerprint density at radius 3 is 2.46 bits per heavy atom. The molecular formula is C23H22N4S. The zero-order valence-corrected chi connectivity index (χ0v) is 16.9. The number of pyridine rings is 1. The molecule has 4 nitrogen and oxygen atoms in total. The molecule has 0 amide bonds. The molecule has 2 heterocycles. The first-order chi connectivity index (χ1) is 13.7. The van der Waals surface area contributed by atoms with Gasteiger partial charge in [0.2, 0.25) is 0 Å². The van der Waals surface area contributed by atoms with Crippen LogP contribution in [0.3, 0.4) is 0 Å². The van der Waals surface area contributed by atoms with Crippen molar-refractivity contribution in [2.24, 2.45) is 0 Å². The lowest BCUT2D eigenvalue weighted by Gasteiger charge is -2.11. The number of rotatable bonds is 6. The first-order valence-corrected chi connectivity index (χ1v) is 10.3. The summed E-state index contributed by atoms with van der Waals surface area (Å²) < 4.78 is 2.19. The average molecular weight is 387 g/mol. The highest BCUT2D eigenvalue weighted by Crippen LogP contribution is 2.28. The summed E-state index contributed by atoms with van der Waals surface area (Å²) in [6.07, 6.45) is 3.58. The van der Waals surface area contributed by atoms with Gasteiger partial charge in [0.25, 0.3) is 0 Å². The Labute approximate surface area is 169 Å². The zero-order chi connectivity index (χ0) is 19.3. The number of hydrogen-bond acceptors (Lipinski definition) is 4. The van der Waals surface area contributed by atoms with Crippen molar-refractivity contribution < 1.29 is 0 Å². The molecule has 0 atom stereocenters. The smallest absolute Gasteiger partial charge is 0.192 e. The van der Waals surface area contributed by atoms with Gasteiger partial charge in [0.15, 0.2) is 11.0 Å². The Morgan fingerprint density at radius 2 is 1.68 bits per heavy atom. The molecule has 0 bridgehead atoms. The fraction of sp³-hybridized carbons (Fsp3) is 0.174.